The van der Waals surface area contributed by atoms with E-state index in [0.717, 1.165) is 22.6 Å². The molecule has 2 aromatic heterocycles. The van der Waals surface area contributed by atoms with E-state index in [4.69, 9.17) is 9.52 Å². The van der Waals surface area contributed by atoms with Crippen LogP contribution in [0.2, 0.25) is 0 Å². The van der Waals surface area contributed by atoms with Crippen molar-refractivity contribution in [1.29, 1.82) is 0 Å². The van der Waals surface area contributed by atoms with Gasteiger partial charge in [0.2, 0.25) is 0 Å². The van der Waals surface area contributed by atoms with Crippen LogP contribution >= 0.6 is 0 Å². The number of nitro benzene ring substituents is 1. The number of hydrazone groups is 1. The third kappa shape index (κ3) is 4.22. The lowest BCUT2D eigenvalue weighted by molar-refractivity contribution is -0.384. The van der Waals surface area contributed by atoms with Crippen molar-refractivity contribution in [2.45, 2.75) is 13.8 Å². The molecule has 0 fully saturated rings. The molecule has 0 saturated heterocycles. The van der Waals surface area contributed by atoms with E-state index in [0.29, 0.717) is 11.0 Å². The van der Waals surface area contributed by atoms with E-state index in [-0.39, 0.29) is 17.0 Å². The molecular weight excluding hydrogens is 428 g/mol. The van der Waals surface area contributed by atoms with Gasteiger partial charge in [-0.25, -0.2) is 10.2 Å². The minimum Gasteiger partial charge on any atom is -0.478 e. The Hall–Kier alpha value is -4.73. The summed E-state index contributed by atoms with van der Waals surface area (Å²) >= 11 is 0. The topological polar surface area (TPSA) is 140 Å². The number of carboxylic acid groups (broad SMARTS) is 1. The van der Waals surface area contributed by atoms with Crippen molar-refractivity contribution in [3.05, 3.63) is 93.0 Å². The quantitative estimate of drug-likeness (QED) is 0.258. The summed E-state index contributed by atoms with van der Waals surface area (Å²) in [6.45, 7) is 3.79. The Morgan fingerprint density at radius 2 is 1.85 bits per heavy atom. The number of nitrogens with one attached hydrogen (secondary N) is 1. The highest BCUT2D eigenvalue weighted by Crippen LogP contribution is 2.24. The summed E-state index contributed by atoms with van der Waals surface area (Å²) in [6.07, 6.45) is 1.50. The summed E-state index contributed by atoms with van der Waals surface area (Å²) in [5.74, 6) is -1.61. The number of aryl methyl sites for hydroxylation is 1. The van der Waals surface area contributed by atoms with Gasteiger partial charge in [0.05, 0.1) is 16.7 Å². The monoisotopic (exact) mass is 446 g/mol. The number of carboxylic acids is 1. The molecule has 0 atom stereocenters. The number of rotatable bonds is 6. The Morgan fingerprint density at radius 1 is 1.12 bits per heavy atom. The average molecular weight is 446 g/mol. The minimum atomic E-state index is -0.992. The van der Waals surface area contributed by atoms with Gasteiger partial charge in [0.1, 0.15) is 5.58 Å². The largest absolute Gasteiger partial charge is 0.478 e. The zero-order valence-corrected chi connectivity index (χ0v) is 17.6. The number of fused-ring (bicyclic) bond motifs is 1. The fraction of sp³-hybridized carbons (Fsp3) is 0.0870. The van der Waals surface area contributed by atoms with Crippen LogP contribution in [0.5, 0.6) is 0 Å². The summed E-state index contributed by atoms with van der Waals surface area (Å²) in [4.78, 5) is 33.8. The maximum Gasteiger partial charge on any atom is 0.335 e. The number of aromatic carboxylic acids is 1. The van der Waals surface area contributed by atoms with Gasteiger partial charge in [0.15, 0.2) is 5.76 Å². The van der Waals surface area contributed by atoms with E-state index in [1.807, 2.05) is 24.5 Å². The van der Waals surface area contributed by atoms with E-state index in [2.05, 4.69) is 10.5 Å². The minimum absolute atomic E-state index is 0.0216. The lowest BCUT2D eigenvalue weighted by Crippen LogP contribution is -2.16. The molecular formula is C23H18N4O6. The van der Waals surface area contributed by atoms with Crippen molar-refractivity contribution in [3.63, 3.8) is 0 Å². The van der Waals surface area contributed by atoms with Gasteiger partial charge in [-0.2, -0.15) is 5.10 Å². The molecule has 4 aromatic rings. The molecule has 0 aliphatic heterocycles. The fourth-order valence-corrected chi connectivity index (χ4v) is 3.54. The molecule has 0 aliphatic rings. The van der Waals surface area contributed by atoms with Gasteiger partial charge in [-0.15, -0.1) is 0 Å². The molecule has 2 N–H and O–H groups in total. The maximum atomic E-state index is 12.4. The van der Waals surface area contributed by atoms with E-state index < -0.39 is 16.8 Å². The zero-order chi connectivity index (χ0) is 23.7. The highest BCUT2D eigenvalue weighted by atomic mass is 16.6. The van der Waals surface area contributed by atoms with E-state index in [1.165, 1.54) is 42.6 Å². The first kappa shape index (κ1) is 21.5. The summed E-state index contributed by atoms with van der Waals surface area (Å²) < 4.78 is 7.39. The van der Waals surface area contributed by atoms with Gasteiger partial charge >= 0.3 is 11.9 Å². The number of hydrogen-bond donors (Lipinski definition) is 2. The van der Waals surface area contributed by atoms with Gasteiger partial charge < -0.3 is 14.1 Å². The molecule has 0 radical (unpaired) electrons. The zero-order valence-electron chi connectivity index (χ0n) is 17.6. The molecule has 0 bridgehead atoms. The molecule has 1 amide bonds. The number of amides is 1. The highest BCUT2D eigenvalue weighted by molar-refractivity contribution is 5.97. The second-order valence-corrected chi connectivity index (χ2v) is 7.30. The standard InChI is InChI=1S/C23H18N4O6/c1-13-9-17(14(2)26(13)18-5-3-15(4-6-18)23(29)30)12-24-25-22(28)21-11-16-10-19(27(31)32)7-8-20(16)33-21/h3-12H,1-2H3,(H,25,28)(H,29,30)/b24-12+. The summed E-state index contributed by atoms with van der Waals surface area (Å²) in [5, 5.41) is 24.4. The first-order chi connectivity index (χ1) is 15.7. The van der Waals surface area contributed by atoms with Crippen LogP contribution in [0.15, 0.2) is 64.1 Å². The van der Waals surface area contributed by atoms with Crippen LogP contribution in [0.3, 0.4) is 0 Å². The molecule has 2 aromatic carbocycles. The predicted octanol–water partition coefficient (Wildman–Crippen LogP) is 4.21. The van der Waals surface area contributed by atoms with Crippen molar-refractivity contribution >= 4 is 34.7 Å². The summed E-state index contributed by atoms with van der Waals surface area (Å²) in [6, 6.07) is 13.9. The van der Waals surface area contributed by atoms with Crippen LogP contribution < -0.4 is 5.43 Å². The number of hydrogen-bond acceptors (Lipinski definition) is 6. The SMILES string of the molecule is Cc1cc(/C=N/NC(=O)c2cc3cc([N+](=O)[O-])ccc3o2)c(C)n1-c1ccc(C(=O)O)cc1. The van der Waals surface area contributed by atoms with Crippen molar-refractivity contribution in [2.24, 2.45) is 5.10 Å². The first-order valence-electron chi connectivity index (χ1n) is 9.78. The van der Waals surface area contributed by atoms with Gasteiger partial charge in [0, 0.05) is 40.2 Å². The van der Waals surface area contributed by atoms with Crippen molar-refractivity contribution in [1.82, 2.24) is 9.99 Å². The number of furan rings is 1. The molecule has 10 heteroatoms. The molecule has 33 heavy (non-hydrogen) atoms. The molecule has 0 unspecified atom stereocenters. The molecule has 0 spiro atoms. The molecule has 10 nitrogen and oxygen atoms in total. The van der Waals surface area contributed by atoms with Crippen molar-refractivity contribution < 1.29 is 24.0 Å². The summed E-state index contributed by atoms with van der Waals surface area (Å²) in [5.41, 5.74) is 6.16. The van der Waals surface area contributed by atoms with Gasteiger partial charge in [-0.05, 0) is 56.3 Å². The molecule has 2 heterocycles. The van der Waals surface area contributed by atoms with E-state index in [9.17, 15) is 19.7 Å². The Kier molecular flexibility index (Phi) is 5.49. The van der Waals surface area contributed by atoms with Crippen LogP contribution in [-0.2, 0) is 0 Å². The van der Waals surface area contributed by atoms with Crippen LogP contribution in [0.25, 0.3) is 16.7 Å². The highest BCUT2D eigenvalue weighted by Gasteiger charge is 2.15. The Morgan fingerprint density at radius 3 is 2.52 bits per heavy atom. The normalized spacial score (nSPS) is 11.2. The molecule has 0 saturated carbocycles. The molecule has 0 aliphatic carbocycles. The second-order valence-electron chi connectivity index (χ2n) is 7.30. The Labute approximate surface area is 186 Å². The van der Waals surface area contributed by atoms with E-state index in [1.54, 1.807) is 12.1 Å². The van der Waals surface area contributed by atoms with Gasteiger partial charge in [-0.3, -0.25) is 14.9 Å². The number of aromatic nitrogens is 1. The van der Waals surface area contributed by atoms with Crippen LogP contribution in [0, 0.1) is 24.0 Å². The van der Waals surface area contributed by atoms with E-state index >= 15 is 0 Å². The number of nitro groups is 1. The predicted molar refractivity (Wildman–Crippen MR) is 120 cm³/mol. The molecule has 4 rings (SSSR count). The third-order valence-corrected chi connectivity index (χ3v) is 5.15. The van der Waals surface area contributed by atoms with Gasteiger partial charge in [0.25, 0.3) is 5.69 Å². The number of carbonyl (C=O) groups excluding carboxylic acids is 1. The van der Waals surface area contributed by atoms with Gasteiger partial charge in [-0.1, -0.05) is 0 Å². The third-order valence-electron chi connectivity index (χ3n) is 5.15. The number of non-ortho nitro benzene ring substituents is 1. The lowest BCUT2D eigenvalue weighted by atomic mass is 10.2. The smallest absolute Gasteiger partial charge is 0.335 e. The fourth-order valence-electron chi connectivity index (χ4n) is 3.54. The van der Waals surface area contributed by atoms with Crippen LogP contribution in [-0.4, -0.2) is 32.7 Å². The summed E-state index contributed by atoms with van der Waals surface area (Å²) in [7, 11) is 0. The number of carbonyl (C=O) groups is 2. The van der Waals surface area contributed by atoms with Crippen LogP contribution in [0.4, 0.5) is 5.69 Å². The Balaban J connectivity index is 1.51. The maximum absolute atomic E-state index is 12.4. The molecule has 166 valence electrons. The Bertz CT molecular complexity index is 1430. The van der Waals surface area contributed by atoms with Crippen LogP contribution in [0.1, 0.15) is 37.9 Å². The number of benzene rings is 2. The lowest BCUT2D eigenvalue weighted by Gasteiger charge is -2.09. The van der Waals surface area contributed by atoms with Crippen molar-refractivity contribution in [2.75, 3.05) is 0 Å². The first-order valence-corrected chi connectivity index (χ1v) is 9.78. The van der Waals surface area contributed by atoms with Crippen molar-refractivity contribution in [3.8, 4) is 5.69 Å². The average Bonchev–Trinajstić information content (AvgIpc) is 3.33. The second kappa shape index (κ2) is 8.42. The number of nitrogens with zero attached hydrogens (tertiary/aromatic N) is 3.